The third kappa shape index (κ3) is 5.22. The molecule has 0 saturated carbocycles. The molecule has 6 aromatic rings. The lowest BCUT2D eigenvalue weighted by molar-refractivity contribution is 0.0519. The van der Waals surface area contributed by atoms with Crippen LogP contribution in [0.25, 0.3) is 55.4 Å². The maximum atomic E-state index is 13.1. The molecule has 0 saturated heterocycles. The molecule has 206 valence electrons. The van der Waals surface area contributed by atoms with E-state index in [1.54, 1.807) is 26.0 Å². The van der Waals surface area contributed by atoms with Crippen LogP contribution in [0, 0.1) is 0 Å². The van der Waals surface area contributed by atoms with Crippen molar-refractivity contribution in [3.05, 3.63) is 120 Å². The molecule has 4 aromatic carbocycles. The summed E-state index contributed by atoms with van der Waals surface area (Å²) in [4.78, 5) is 35.9. The van der Waals surface area contributed by atoms with Crippen LogP contribution in [0.15, 0.2) is 109 Å². The molecule has 0 amide bonds. The van der Waals surface area contributed by atoms with E-state index in [-0.39, 0.29) is 13.2 Å². The maximum absolute atomic E-state index is 13.1. The second-order valence-electron chi connectivity index (χ2n) is 9.75. The fourth-order valence-corrected chi connectivity index (χ4v) is 5.08. The molecule has 0 aliphatic rings. The first-order chi connectivity index (χ1) is 20.6. The number of aromatic nitrogens is 2. The van der Waals surface area contributed by atoms with Gasteiger partial charge in [0.25, 0.3) is 0 Å². The van der Waals surface area contributed by atoms with Gasteiger partial charge in [-0.3, -0.25) is 0 Å². The van der Waals surface area contributed by atoms with Crippen molar-refractivity contribution in [3.63, 3.8) is 0 Å². The van der Waals surface area contributed by atoms with Gasteiger partial charge in [0.05, 0.1) is 46.8 Å². The van der Waals surface area contributed by atoms with Gasteiger partial charge >= 0.3 is 11.9 Å². The molecule has 6 rings (SSSR count). The van der Waals surface area contributed by atoms with Crippen molar-refractivity contribution in [1.82, 2.24) is 9.97 Å². The number of fused-ring (bicyclic) bond motifs is 2. The van der Waals surface area contributed by atoms with Gasteiger partial charge in [-0.05, 0) is 61.4 Å². The zero-order valence-electron chi connectivity index (χ0n) is 23.3. The van der Waals surface area contributed by atoms with Crippen molar-refractivity contribution in [2.24, 2.45) is 0 Å². The van der Waals surface area contributed by atoms with Gasteiger partial charge in [0.1, 0.15) is 0 Å². The third-order valence-electron chi connectivity index (χ3n) is 7.08. The van der Waals surface area contributed by atoms with Gasteiger partial charge in [0, 0.05) is 21.9 Å². The Morgan fingerprint density at radius 2 is 0.929 bits per heavy atom. The van der Waals surface area contributed by atoms with Crippen molar-refractivity contribution in [2.45, 2.75) is 13.8 Å². The van der Waals surface area contributed by atoms with Gasteiger partial charge in [-0.1, -0.05) is 72.8 Å². The number of carbonyl (C=O) groups is 2. The summed E-state index contributed by atoms with van der Waals surface area (Å²) in [5.41, 5.74) is 7.23. The quantitative estimate of drug-likeness (QED) is 0.186. The summed E-state index contributed by atoms with van der Waals surface area (Å²) in [7, 11) is 0. The van der Waals surface area contributed by atoms with E-state index in [4.69, 9.17) is 19.4 Å². The maximum Gasteiger partial charge on any atom is 0.338 e. The summed E-state index contributed by atoms with van der Waals surface area (Å²) in [5, 5.41) is 1.38. The summed E-state index contributed by atoms with van der Waals surface area (Å²) >= 11 is 0. The fourth-order valence-electron chi connectivity index (χ4n) is 5.08. The zero-order valence-corrected chi connectivity index (χ0v) is 23.3. The Morgan fingerprint density at radius 3 is 1.31 bits per heavy atom. The van der Waals surface area contributed by atoms with E-state index in [0.29, 0.717) is 44.3 Å². The van der Waals surface area contributed by atoms with Crippen LogP contribution in [0.5, 0.6) is 0 Å². The van der Waals surface area contributed by atoms with Crippen molar-refractivity contribution >= 4 is 33.7 Å². The number of pyridine rings is 2. The number of esters is 2. The number of hydrogen-bond acceptors (Lipinski definition) is 6. The minimum absolute atomic E-state index is 0.266. The Morgan fingerprint density at radius 1 is 0.524 bits per heavy atom. The topological polar surface area (TPSA) is 78.4 Å². The molecular formula is C36H28N2O4. The molecule has 0 aliphatic heterocycles. The number of benzene rings is 4. The number of rotatable bonds is 7. The standard InChI is InChI=1S/C36H28N2O4/c1-3-41-35(39)29-21-33(23-11-7-5-8-12-23)37-31-17-15-25(19-27(29)31)26-16-18-32-28(20-26)30(36(40)42-4-2)22-34(38-32)24-13-9-6-10-14-24/h5-22H,3-4H2,1-2H3. The average molecular weight is 553 g/mol. The Hall–Kier alpha value is -5.36. The van der Waals surface area contributed by atoms with Crippen LogP contribution in [-0.2, 0) is 9.47 Å². The first kappa shape index (κ1) is 26.8. The van der Waals surface area contributed by atoms with Crippen LogP contribution < -0.4 is 0 Å². The van der Waals surface area contributed by atoms with Crippen molar-refractivity contribution in [2.75, 3.05) is 13.2 Å². The molecule has 2 aromatic heterocycles. The summed E-state index contributed by atoms with van der Waals surface area (Å²) in [6.07, 6.45) is 0. The summed E-state index contributed by atoms with van der Waals surface area (Å²) in [6, 6.07) is 34.7. The van der Waals surface area contributed by atoms with E-state index < -0.39 is 11.9 Å². The summed E-state index contributed by atoms with van der Waals surface area (Å²) in [5.74, 6) is -0.806. The van der Waals surface area contributed by atoms with Crippen LogP contribution >= 0.6 is 0 Å². The number of carbonyl (C=O) groups excluding carboxylic acids is 2. The van der Waals surface area contributed by atoms with E-state index in [2.05, 4.69) is 0 Å². The molecule has 0 fully saturated rings. The van der Waals surface area contributed by atoms with Crippen LogP contribution in [0.4, 0.5) is 0 Å². The molecule has 0 N–H and O–H groups in total. The van der Waals surface area contributed by atoms with Gasteiger partial charge in [-0.25, -0.2) is 19.6 Å². The van der Waals surface area contributed by atoms with Gasteiger partial charge in [-0.15, -0.1) is 0 Å². The first-order valence-corrected chi connectivity index (χ1v) is 13.9. The SMILES string of the molecule is CCOC(=O)c1cc(-c2ccccc2)nc2ccc(-c3ccc4nc(-c5ccccc5)cc(C(=O)OCC)c4c3)cc12. The lowest BCUT2D eigenvalue weighted by Gasteiger charge is -2.13. The minimum Gasteiger partial charge on any atom is -0.462 e. The van der Waals surface area contributed by atoms with Crippen LogP contribution in [0.1, 0.15) is 34.6 Å². The first-order valence-electron chi connectivity index (χ1n) is 13.9. The third-order valence-corrected chi connectivity index (χ3v) is 7.08. The molecule has 0 unspecified atom stereocenters. The molecule has 0 bridgehead atoms. The average Bonchev–Trinajstić information content (AvgIpc) is 3.04. The Kier molecular flexibility index (Phi) is 7.43. The molecule has 0 aliphatic carbocycles. The molecular weight excluding hydrogens is 524 g/mol. The molecule has 6 nitrogen and oxygen atoms in total. The van der Waals surface area contributed by atoms with Gasteiger partial charge in [0.2, 0.25) is 0 Å². The highest BCUT2D eigenvalue weighted by Crippen LogP contribution is 2.33. The van der Waals surface area contributed by atoms with E-state index in [0.717, 1.165) is 22.3 Å². The van der Waals surface area contributed by atoms with Gasteiger partial charge in [0.15, 0.2) is 0 Å². The smallest absolute Gasteiger partial charge is 0.338 e. The molecule has 0 atom stereocenters. The second-order valence-corrected chi connectivity index (χ2v) is 9.75. The Bertz CT molecular complexity index is 1790. The summed E-state index contributed by atoms with van der Waals surface area (Å²) < 4.78 is 10.8. The molecule has 42 heavy (non-hydrogen) atoms. The predicted octanol–water partition coefficient (Wildman–Crippen LogP) is 8.14. The largest absolute Gasteiger partial charge is 0.462 e. The molecule has 0 spiro atoms. The minimum atomic E-state index is -0.403. The molecule has 6 heteroatoms. The van der Waals surface area contributed by atoms with E-state index in [1.807, 2.05) is 97.1 Å². The molecule has 0 radical (unpaired) electrons. The normalized spacial score (nSPS) is 11.0. The van der Waals surface area contributed by atoms with Crippen LogP contribution in [-0.4, -0.2) is 35.1 Å². The monoisotopic (exact) mass is 552 g/mol. The van der Waals surface area contributed by atoms with Gasteiger partial charge in [-0.2, -0.15) is 0 Å². The summed E-state index contributed by atoms with van der Waals surface area (Å²) in [6.45, 7) is 4.11. The van der Waals surface area contributed by atoms with Crippen molar-refractivity contribution in [1.29, 1.82) is 0 Å². The lowest BCUT2D eigenvalue weighted by atomic mass is 9.96. The number of ether oxygens (including phenoxy) is 2. The van der Waals surface area contributed by atoms with E-state index in [9.17, 15) is 9.59 Å². The zero-order chi connectivity index (χ0) is 29.1. The van der Waals surface area contributed by atoms with Crippen LogP contribution in [0.2, 0.25) is 0 Å². The highest BCUT2D eigenvalue weighted by atomic mass is 16.5. The number of hydrogen-bond donors (Lipinski definition) is 0. The van der Waals surface area contributed by atoms with E-state index >= 15 is 0 Å². The fraction of sp³-hybridized carbons (Fsp3) is 0.111. The highest BCUT2D eigenvalue weighted by Gasteiger charge is 2.18. The Balaban J connectivity index is 1.50. The second kappa shape index (κ2) is 11.6. The molecule has 2 heterocycles. The number of nitrogens with zero attached hydrogens (tertiary/aromatic N) is 2. The van der Waals surface area contributed by atoms with Crippen LogP contribution in [0.3, 0.4) is 0 Å². The van der Waals surface area contributed by atoms with Gasteiger partial charge < -0.3 is 9.47 Å². The van der Waals surface area contributed by atoms with Crippen molar-refractivity contribution in [3.8, 4) is 33.6 Å². The highest BCUT2D eigenvalue weighted by molar-refractivity contribution is 6.07. The predicted molar refractivity (Wildman–Crippen MR) is 165 cm³/mol. The Labute approximate surface area is 243 Å². The lowest BCUT2D eigenvalue weighted by Crippen LogP contribution is -2.07. The van der Waals surface area contributed by atoms with E-state index in [1.165, 1.54) is 0 Å². The van der Waals surface area contributed by atoms with Crippen molar-refractivity contribution < 1.29 is 19.1 Å².